The van der Waals surface area contributed by atoms with Gasteiger partial charge in [0.25, 0.3) is 0 Å². The Labute approximate surface area is 57.1 Å². The van der Waals surface area contributed by atoms with Gasteiger partial charge in [-0.1, -0.05) is 15.9 Å². The molecule has 0 aromatic heterocycles. The molecule has 0 saturated heterocycles. The van der Waals surface area contributed by atoms with Gasteiger partial charge in [0, 0.05) is 7.11 Å². The summed E-state index contributed by atoms with van der Waals surface area (Å²) in [6.07, 6.45) is 0. The van der Waals surface area contributed by atoms with Crippen LogP contribution in [-0.4, -0.2) is 17.5 Å². The van der Waals surface area contributed by atoms with Gasteiger partial charge < -0.3 is 4.74 Å². The number of hydrogen-bond donors (Lipinski definition) is 0. The van der Waals surface area contributed by atoms with Crippen molar-refractivity contribution in [2.24, 2.45) is 0 Å². The van der Waals surface area contributed by atoms with Gasteiger partial charge in [-0.3, -0.25) is 0 Å². The van der Waals surface area contributed by atoms with E-state index in [2.05, 4.69) is 15.9 Å². The van der Waals surface area contributed by atoms with E-state index in [1.165, 1.54) is 0 Å². The second kappa shape index (κ2) is 3.70. The smallest absolute Gasteiger partial charge is 0.128 e. The quantitative estimate of drug-likeness (QED) is 0.601. The fourth-order valence-electron chi connectivity index (χ4n) is 0.188. The summed E-state index contributed by atoms with van der Waals surface area (Å²) in [4.78, 5) is 0. The molecule has 0 fully saturated rings. The number of alkyl halides is 2. The number of methoxy groups -OCH3 is 1. The summed E-state index contributed by atoms with van der Waals surface area (Å²) in [5.41, 5.74) is 0. The normalized spacial score (nSPS) is 18.9. The summed E-state index contributed by atoms with van der Waals surface area (Å²) in [5.74, 6) is 0. The average Bonchev–Trinajstić information content (AvgIpc) is 1.65. The first-order chi connectivity index (χ1) is 3.18. The molecule has 0 aliphatic heterocycles. The average molecular weight is 187 g/mol. The Hall–Kier alpha value is 0.730. The van der Waals surface area contributed by atoms with Crippen molar-refractivity contribution >= 4 is 27.5 Å². The molecule has 0 aromatic carbocycles. The Kier molecular flexibility index (Phi) is 4.08. The van der Waals surface area contributed by atoms with Gasteiger partial charge in [0.1, 0.15) is 5.01 Å². The third-order valence-electron chi connectivity index (χ3n) is 0.586. The molecule has 0 radical (unpaired) electrons. The zero-order chi connectivity index (χ0) is 5.86. The summed E-state index contributed by atoms with van der Waals surface area (Å²) >= 11 is 8.74. The molecule has 1 nitrogen and oxygen atoms in total. The molecule has 0 amide bonds. The number of rotatable bonds is 2. The molecule has 0 N–H and O–H groups in total. The first-order valence-corrected chi connectivity index (χ1v) is 3.34. The Balaban J connectivity index is 3.14. The van der Waals surface area contributed by atoms with Crippen molar-refractivity contribution in [3.63, 3.8) is 0 Å². The van der Waals surface area contributed by atoms with Gasteiger partial charge in [-0.25, -0.2) is 0 Å². The Morgan fingerprint density at radius 3 is 2.14 bits per heavy atom. The minimum atomic E-state index is -0.0193. The Morgan fingerprint density at radius 2 is 2.14 bits per heavy atom. The molecule has 7 heavy (non-hydrogen) atoms. The standard InChI is InChI=1S/C4H8BrClO/c1-3(6)4(5)7-2/h3-4H,1-2H3. The molecule has 0 heterocycles. The minimum absolute atomic E-state index is 0.0193. The second-order valence-electron chi connectivity index (χ2n) is 1.26. The highest BCUT2D eigenvalue weighted by atomic mass is 79.9. The van der Waals surface area contributed by atoms with E-state index in [0.717, 1.165) is 0 Å². The van der Waals surface area contributed by atoms with Crippen molar-refractivity contribution in [3.05, 3.63) is 0 Å². The molecule has 0 aliphatic rings. The predicted octanol–water partition coefficient (Wildman–Crippen LogP) is 1.98. The van der Waals surface area contributed by atoms with Crippen LogP contribution in [0.15, 0.2) is 0 Å². The lowest BCUT2D eigenvalue weighted by Gasteiger charge is -2.07. The van der Waals surface area contributed by atoms with Crippen molar-refractivity contribution in [1.82, 2.24) is 0 Å². The van der Waals surface area contributed by atoms with Gasteiger partial charge >= 0.3 is 0 Å². The SMILES string of the molecule is COC(Br)C(C)Cl. The number of halogens is 2. The largest absolute Gasteiger partial charge is 0.369 e. The minimum Gasteiger partial charge on any atom is -0.369 e. The van der Waals surface area contributed by atoms with Crippen LogP contribution in [0.3, 0.4) is 0 Å². The van der Waals surface area contributed by atoms with E-state index < -0.39 is 0 Å². The van der Waals surface area contributed by atoms with E-state index in [-0.39, 0.29) is 10.4 Å². The van der Waals surface area contributed by atoms with Crippen LogP contribution in [0.1, 0.15) is 6.92 Å². The Morgan fingerprint density at radius 1 is 1.71 bits per heavy atom. The fourth-order valence-corrected chi connectivity index (χ4v) is 0.290. The molecular weight excluding hydrogens is 179 g/mol. The van der Waals surface area contributed by atoms with Crippen LogP contribution in [-0.2, 0) is 4.74 Å². The molecule has 0 saturated carbocycles. The predicted molar refractivity (Wildman–Crippen MR) is 35.0 cm³/mol. The van der Waals surface area contributed by atoms with Gasteiger partial charge in [0.15, 0.2) is 0 Å². The maximum atomic E-state index is 5.56. The summed E-state index contributed by atoms with van der Waals surface area (Å²) in [6.45, 7) is 1.87. The van der Waals surface area contributed by atoms with Gasteiger partial charge in [0.05, 0.1) is 5.38 Å². The zero-order valence-electron chi connectivity index (χ0n) is 4.32. The molecule has 3 heteroatoms. The highest BCUT2D eigenvalue weighted by molar-refractivity contribution is 9.09. The summed E-state index contributed by atoms with van der Waals surface area (Å²) in [6, 6.07) is 0. The molecular formula is C4H8BrClO. The summed E-state index contributed by atoms with van der Waals surface area (Å²) in [5, 5.41) is 0.0131. The monoisotopic (exact) mass is 186 g/mol. The molecule has 0 bridgehead atoms. The molecule has 0 spiro atoms. The molecule has 0 rings (SSSR count). The fraction of sp³-hybridized carbons (Fsp3) is 1.00. The van der Waals surface area contributed by atoms with Gasteiger partial charge in [-0.05, 0) is 6.92 Å². The van der Waals surface area contributed by atoms with Crippen LogP contribution in [0.2, 0.25) is 0 Å². The van der Waals surface area contributed by atoms with Crippen LogP contribution in [0.4, 0.5) is 0 Å². The zero-order valence-corrected chi connectivity index (χ0v) is 6.66. The van der Waals surface area contributed by atoms with Crippen LogP contribution in [0.25, 0.3) is 0 Å². The van der Waals surface area contributed by atoms with Gasteiger partial charge in [-0.2, -0.15) is 0 Å². The van der Waals surface area contributed by atoms with Gasteiger partial charge in [0.2, 0.25) is 0 Å². The van der Waals surface area contributed by atoms with E-state index >= 15 is 0 Å². The van der Waals surface area contributed by atoms with Crippen molar-refractivity contribution in [1.29, 1.82) is 0 Å². The van der Waals surface area contributed by atoms with Crippen LogP contribution < -0.4 is 0 Å². The van der Waals surface area contributed by atoms with E-state index in [4.69, 9.17) is 16.3 Å². The molecule has 2 atom stereocenters. The van der Waals surface area contributed by atoms with E-state index in [0.29, 0.717) is 0 Å². The van der Waals surface area contributed by atoms with Crippen molar-refractivity contribution in [2.75, 3.05) is 7.11 Å². The first-order valence-electron chi connectivity index (χ1n) is 1.99. The molecule has 2 unspecified atom stereocenters. The first kappa shape index (κ1) is 7.73. The van der Waals surface area contributed by atoms with Crippen molar-refractivity contribution < 1.29 is 4.74 Å². The summed E-state index contributed by atoms with van der Waals surface area (Å²) in [7, 11) is 1.61. The highest BCUT2D eigenvalue weighted by Crippen LogP contribution is 2.10. The molecule has 44 valence electrons. The van der Waals surface area contributed by atoms with E-state index in [1.54, 1.807) is 7.11 Å². The number of ether oxygens (including phenoxy) is 1. The van der Waals surface area contributed by atoms with Crippen LogP contribution >= 0.6 is 27.5 Å². The maximum Gasteiger partial charge on any atom is 0.128 e. The lowest BCUT2D eigenvalue weighted by molar-refractivity contribution is 0.178. The van der Waals surface area contributed by atoms with Crippen LogP contribution in [0, 0.1) is 0 Å². The Bertz CT molecular complexity index is 49.0. The topological polar surface area (TPSA) is 9.23 Å². The lowest BCUT2D eigenvalue weighted by atomic mass is 10.5. The van der Waals surface area contributed by atoms with Gasteiger partial charge in [-0.15, -0.1) is 11.6 Å². The van der Waals surface area contributed by atoms with Crippen LogP contribution in [0.5, 0.6) is 0 Å². The van der Waals surface area contributed by atoms with E-state index in [1.807, 2.05) is 6.92 Å². The van der Waals surface area contributed by atoms with Crippen molar-refractivity contribution in [3.8, 4) is 0 Å². The number of hydrogen-bond acceptors (Lipinski definition) is 1. The maximum absolute atomic E-state index is 5.56. The third kappa shape index (κ3) is 3.32. The summed E-state index contributed by atoms with van der Waals surface area (Å²) < 4.78 is 4.80. The lowest BCUT2D eigenvalue weighted by Crippen LogP contribution is -2.11. The molecule has 0 aromatic rings. The molecule has 0 aliphatic carbocycles. The highest BCUT2D eigenvalue weighted by Gasteiger charge is 2.06. The second-order valence-corrected chi connectivity index (χ2v) is 2.86. The van der Waals surface area contributed by atoms with E-state index in [9.17, 15) is 0 Å². The van der Waals surface area contributed by atoms with Crippen molar-refractivity contribution in [2.45, 2.75) is 17.3 Å². The third-order valence-corrected chi connectivity index (χ3v) is 2.29.